The van der Waals surface area contributed by atoms with Crippen LogP contribution in [0.15, 0.2) is 18.3 Å². The van der Waals surface area contributed by atoms with Gasteiger partial charge in [0.15, 0.2) is 0 Å². The summed E-state index contributed by atoms with van der Waals surface area (Å²) in [5.74, 6) is -0.407. The fourth-order valence-corrected chi connectivity index (χ4v) is 1.94. The van der Waals surface area contributed by atoms with Crippen LogP contribution >= 0.6 is 24.8 Å². The summed E-state index contributed by atoms with van der Waals surface area (Å²) in [6, 6.07) is 2.18. The summed E-state index contributed by atoms with van der Waals surface area (Å²) in [6.45, 7) is 1.40. The number of aromatic nitrogens is 1. The Hall–Kier alpha value is -1.05. The Morgan fingerprint density at radius 1 is 1.38 bits per heavy atom. The molecular weight excluding hydrogens is 330 g/mol. The molecule has 1 amide bonds. The van der Waals surface area contributed by atoms with Crippen molar-refractivity contribution >= 4 is 30.7 Å². The standard InChI is InChI=1S/C12H14F3N3O.2ClH/c13-12(14,15)10-4-3-8(6-17-10)11(19)18-7-9-2-1-5-16-9;;/h3-4,6,9,16H,1-2,5,7H2,(H,18,19);2*1H. The van der Waals surface area contributed by atoms with Gasteiger partial charge in [0.2, 0.25) is 0 Å². The number of carbonyl (C=O) groups excluding carboxylic acids is 1. The lowest BCUT2D eigenvalue weighted by atomic mass is 10.2. The maximum absolute atomic E-state index is 12.3. The molecule has 1 saturated heterocycles. The Labute approximate surface area is 132 Å². The number of hydrogen-bond donors (Lipinski definition) is 2. The third-order valence-corrected chi connectivity index (χ3v) is 2.99. The fourth-order valence-electron chi connectivity index (χ4n) is 1.94. The lowest BCUT2D eigenvalue weighted by Gasteiger charge is -2.11. The average Bonchev–Trinajstić information content (AvgIpc) is 2.88. The van der Waals surface area contributed by atoms with Gasteiger partial charge < -0.3 is 10.6 Å². The summed E-state index contributed by atoms with van der Waals surface area (Å²) in [7, 11) is 0. The molecule has 2 N–H and O–H groups in total. The van der Waals surface area contributed by atoms with Gasteiger partial charge in [-0.1, -0.05) is 0 Å². The number of pyridine rings is 1. The largest absolute Gasteiger partial charge is 0.433 e. The van der Waals surface area contributed by atoms with Crippen LogP contribution in [0, 0.1) is 0 Å². The smallest absolute Gasteiger partial charge is 0.350 e. The molecular formula is C12H16Cl2F3N3O. The molecule has 0 spiro atoms. The van der Waals surface area contributed by atoms with Gasteiger partial charge in [-0.3, -0.25) is 9.78 Å². The summed E-state index contributed by atoms with van der Waals surface area (Å²) < 4.78 is 36.9. The van der Waals surface area contributed by atoms with Crippen molar-refractivity contribution in [1.29, 1.82) is 0 Å². The van der Waals surface area contributed by atoms with Gasteiger partial charge in [-0.25, -0.2) is 0 Å². The van der Waals surface area contributed by atoms with E-state index in [0.717, 1.165) is 37.7 Å². The summed E-state index contributed by atoms with van der Waals surface area (Å²) in [5, 5.41) is 5.89. The maximum atomic E-state index is 12.3. The van der Waals surface area contributed by atoms with Crippen molar-refractivity contribution in [3.05, 3.63) is 29.6 Å². The Morgan fingerprint density at radius 2 is 2.10 bits per heavy atom. The van der Waals surface area contributed by atoms with E-state index in [-0.39, 0.29) is 36.4 Å². The molecule has 1 fully saturated rings. The Bertz CT molecular complexity index is 448. The van der Waals surface area contributed by atoms with E-state index in [0.29, 0.717) is 6.54 Å². The van der Waals surface area contributed by atoms with Gasteiger partial charge in [-0.15, -0.1) is 24.8 Å². The molecule has 1 atom stereocenters. The molecule has 1 unspecified atom stereocenters. The van der Waals surface area contributed by atoms with Gasteiger partial charge in [0, 0.05) is 18.8 Å². The molecule has 4 nitrogen and oxygen atoms in total. The van der Waals surface area contributed by atoms with Crippen LogP contribution in [0.4, 0.5) is 13.2 Å². The second-order valence-electron chi connectivity index (χ2n) is 4.43. The number of nitrogens with zero attached hydrogens (tertiary/aromatic N) is 1. The van der Waals surface area contributed by atoms with Gasteiger partial charge in [-0.2, -0.15) is 13.2 Å². The number of hydrogen-bond acceptors (Lipinski definition) is 3. The highest BCUT2D eigenvalue weighted by molar-refractivity contribution is 5.93. The third kappa shape index (κ3) is 5.68. The van der Waals surface area contributed by atoms with Crippen LogP contribution in [0.2, 0.25) is 0 Å². The minimum atomic E-state index is -4.48. The first-order valence-electron chi connectivity index (χ1n) is 6.01. The Balaban J connectivity index is 0.00000200. The maximum Gasteiger partial charge on any atom is 0.433 e. The molecule has 120 valence electrons. The summed E-state index contributed by atoms with van der Waals surface area (Å²) in [5.41, 5.74) is -0.868. The van der Waals surface area contributed by atoms with Crippen molar-refractivity contribution in [1.82, 2.24) is 15.6 Å². The average molecular weight is 346 g/mol. The molecule has 9 heteroatoms. The molecule has 0 radical (unpaired) electrons. The summed E-state index contributed by atoms with van der Waals surface area (Å²) >= 11 is 0. The highest BCUT2D eigenvalue weighted by Crippen LogP contribution is 2.27. The van der Waals surface area contributed by atoms with Gasteiger partial charge in [0.05, 0.1) is 5.56 Å². The summed E-state index contributed by atoms with van der Waals surface area (Å²) in [6.07, 6.45) is -1.48. The van der Waals surface area contributed by atoms with E-state index in [1.54, 1.807) is 0 Å². The number of alkyl halides is 3. The monoisotopic (exact) mass is 345 g/mol. The van der Waals surface area contributed by atoms with Gasteiger partial charge in [-0.05, 0) is 31.5 Å². The number of halogens is 5. The lowest BCUT2D eigenvalue weighted by molar-refractivity contribution is -0.141. The van der Waals surface area contributed by atoms with Crippen LogP contribution < -0.4 is 10.6 Å². The minimum absolute atomic E-state index is 0. The number of nitrogens with one attached hydrogen (secondary N) is 2. The number of amides is 1. The molecule has 21 heavy (non-hydrogen) atoms. The van der Waals surface area contributed by atoms with E-state index in [1.165, 1.54) is 0 Å². The molecule has 1 aliphatic heterocycles. The predicted molar refractivity (Wildman–Crippen MR) is 77.1 cm³/mol. The van der Waals surface area contributed by atoms with Crippen molar-refractivity contribution in [3.8, 4) is 0 Å². The highest BCUT2D eigenvalue weighted by atomic mass is 35.5. The number of rotatable bonds is 3. The predicted octanol–water partition coefficient (Wildman–Crippen LogP) is 2.43. The van der Waals surface area contributed by atoms with Crippen LogP contribution in [0.25, 0.3) is 0 Å². The molecule has 0 bridgehead atoms. The molecule has 2 rings (SSSR count). The van der Waals surface area contributed by atoms with Gasteiger partial charge >= 0.3 is 6.18 Å². The molecule has 0 aromatic carbocycles. The van der Waals surface area contributed by atoms with E-state index < -0.39 is 17.8 Å². The highest BCUT2D eigenvalue weighted by Gasteiger charge is 2.32. The van der Waals surface area contributed by atoms with Crippen LogP contribution in [0.1, 0.15) is 28.9 Å². The molecule has 0 aliphatic carbocycles. The zero-order valence-electron chi connectivity index (χ0n) is 10.9. The third-order valence-electron chi connectivity index (χ3n) is 2.99. The van der Waals surface area contributed by atoms with Crippen molar-refractivity contribution in [2.45, 2.75) is 25.1 Å². The quantitative estimate of drug-likeness (QED) is 0.884. The molecule has 2 heterocycles. The Kier molecular flexibility index (Phi) is 7.99. The van der Waals surface area contributed by atoms with Gasteiger partial charge in [0.25, 0.3) is 5.91 Å². The van der Waals surface area contributed by atoms with E-state index in [1.807, 2.05) is 0 Å². The van der Waals surface area contributed by atoms with E-state index in [4.69, 9.17) is 0 Å². The van der Waals surface area contributed by atoms with E-state index >= 15 is 0 Å². The van der Waals surface area contributed by atoms with Gasteiger partial charge in [0.1, 0.15) is 5.69 Å². The SMILES string of the molecule is Cl.Cl.O=C(NCC1CCCN1)c1ccc(C(F)(F)F)nc1. The van der Waals surface area contributed by atoms with Crippen molar-refractivity contribution in [3.63, 3.8) is 0 Å². The topological polar surface area (TPSA) is 54.0 Å². The van der Waals surface area contributed by atoms with Crippen LogP contribution in [-0.2, 0) is 6.18 Å². The minimum Gasteiger partial charge on any atom is -0.350 e. The lowest BCUT2D eigenvalue weighted by Crippen LogP contribution is -2.37. The summed E-state index contributed by atoms with van der Waals surface area (Å²) in [4.78, 5) is 15.0. The second kappa shape index (κ2) is 8.41. The van der Waals surface area contributed by atoms with Crippen LogP contribution in [0.3, 0.4) is 0 Å². The Morgan fingerprint density at radius 3 is 2.57 bits per heavy atom. The van der Waals surface area contributed by atoms with Crippen molar-refractivity contribution < 1.29 is 18.0 Å². The molecule has 0 saturated carbocycles. The normalized spacial score (nSPS) is 17.6. The second-order valence-corrected chi connectivity index (χ2v) is 4.43. The van der Waals surface area contributed by atoms with Crippen molar-refractivity contribution in [2.75, 3.05) is 13.1 Å². The first kappa shape index (κ1) is 19.9. The molecule has 1 aliphatic rings. The fraction of sp³-hybridized carbons (Fsp3) is 0.500. The molecule has 1 aromatic heterocycles. The first-order chi connectivity index (χ1) is 8.97. The molecule has 1 aromatic rings. The van der Waals surface area contributed by atoms with E-state index in [2.05, 4.69) is 15.6 Å². The van der Waals surface area contributed by atoms with Crippen LogP contribution in [-0.4, -0.2) is 30.0 Å². The zero-order chi connectivity index (χ0) is 13.9. The van der Waals surface area contributed by atoms with Crippen molar-refractivity contribution in [2.24, 2.45) is 0 Å². The number of carbonyl (C=O) groups is 1. The zero-order valence-corrected chi connectivity index (χ0v) is 12.6. The first-order valence-corrected chi connectivity index (χ1v) is 6.01. The van der Waals surface area contributed by atoms with Crippen LogP contribution in [0.5, 0.6) is 0 Å². The van der Waals surface area contributed by atoms with E-state index in [9.17, 15) is 18.0 Å².